The lowest BCUT2D eigenvalue weighted by atomic mass is 9.91. The van der Waals surface area contributed by atoms with Crippen LogP contribution in [-0.2, 0) is 14.8 Å². The highest BCUT2D eigenvalue weighted by molar-refractivity contribution is 7.90. The van der Waals surface area contributed by atoms with Crippen LogP contribution in [0.3, 0.4) is 0 Å². The molecule has 1 fully saturated rings. The number of hydrogen-bond acceptors (Lipinski definition) is 3. The number of nitrogens with zero attached hydrogens (tertiary/aromatic N) is 1. The van der Waals surface area contributed by atoms with Crippen molar-refractivity contribution in [3.63, 3.8) is 0 Å². The highest BCUT2D eigenvalue weighted by Crippen LogP contribution is 2.32. The fraction of sp³-hybridized carbons (Fsp3) is 0.900. The number of unbranched alkanes of at least 4 members (excludes halogenated alkanes) is 1. The summed E-state index contributed by atoms with van der Waals surface area (Å²) in [4.78, 5) is 11.8. The SMILES string of the molecule is CCCCC1(C)C(=O)CS(=O)(=O)N1CC. The summed E-state index contributed by atoms with van der Waals surface area (Å²) in [5.41, 5.74) is -0.788. The number of Topliss-reactive ketones (excluding diaryl/α,β-unsaturated/α-hetero) is 1. The van der Waals surface area contributed by atoms with Gasteiger partial charge in [0.25, 0.3) is 0 Å². The molecule has 1 rings (SSSR count). The topological polar surface area (TPSA) is 54.5 Å². The summed E-state index contributed by atoms with van der Waals surface area (Å²) in [7, 11) is -3.34. The molecule has 88 valence electrons. The Morgan fingerprint density at radius 2 is 2.00 bits per heavy atom. The van der Waals surface area contributed by atoms with Gasteiger partial charge in [0.2, 0.25) is 10.0 Å². The molecule has 0 saturated carbocycles. The normalized spacial score (nSPS) is 31.0. The van der Waals surface area contributed by atoms with Crippen molar-refractivity contribution in [3.05, 3.63) is 0 Å². The van der Waals surface area contributed by atoms with E-state index in [9.17, 15) is 13.2 Å². The third kappa shape index (κ3) is 2.08. The molecule has 0 aromatic rings. The van der Waals surface area contributed by atoms with Crippen molar-refractivity contribution in [2.75, 3.05) is 12.3 Å². The van der Waals surface area contributed by atoms with E-state index in [0.717, 1.165) is 12.8 Å². The average molecular weight is 233 g/mol. The lowest BCUT2D eigenvalue weighted by molar-refractivity contribution is -0.123. The number of sulfonamides is 1. The van der Waals surface area contributed by atoms with Gasteiger partial charge in [-0.25, -0.2) is 8.42 Å². The quantitative estimate of drug-likeness (QED) is 0.732. The maximum Gasteiger partial charge on any atom is 0.222 e. The Labute approximate surface area is 91.7 Å². The van der Waals surface area contributed by atoms with Gasteiger partial charge >= 0.3 is 0 Å². The van der Waals surface area contributed by atoms with Crippen LogP contribution in [0.4, 0.5) is 0 Å². The van der Waals surface area contributed by atoms with Gasteiger partial charge in [0, 0.05) is 6.54 Å². The lowest BCUT2D eigenvalue weighted by Crippen LogP contribution is -2.46. The highest BCUT2D eigenvalue weighted by atomic mass is 32.2. The van der Waals surface area contributed by atoms with Crippen LogP contribution in [0.15, 0.2) is 0 Å². The van der Waals surface area contributed by atoms with Crippen molar-refractivity contribution >= 4 is 15.8 Å². The summed E-state index contributed by atoms with van der Waals surface area (Å²) in [5, 5.41) is 0. The lowest BCUT2D eigenvalue weighted by Gasteiger charge is -2.30. The first-order valence-electron chi connectivity index (χ1n) is 5.42. The van der Waals surface area contributed by atoms with Crippen molar-refractivity contribution in [1.29, 1.82) is 0 Å². The molecule has 1 atom stereocenters. The second kappa shape index (κ2) is 4.22. The Balaban J connectivity index is 3.00. The summed E-state index contributed by atoms with van der Waals surface area (Å²) < 4.78 is 24.7. The Kier molecular flexibility index (Phi) is 3.55. The molecule has 0 amide bonds. The molecular weight excluding hydrogens is 214 g/mol. The van der Waals surface area contributed by atoms with Gasteiger partial charge in [-0.2, -0.15) is 4.31 Å². The molecule has 0 spiro atoms. The smallest absolute Gasteiger partial charge is 0.222 e. The Hall–Kier alpha value is -0.420. The van der Waals surface area contributed by atoms with Crippen molar-refractivity contribution in [3.8, 4) is 0 Å². The maximum atomic E-state index is 11.8. The van der Waals surface area contributed by atoms with E-state index in [4.69, 9.17) is 0 Å². The van der Waals surface area contributed by atoms with E-state index in [1.165, 1.54) is 4.31 Å². The van der Waals surface area contributed by atoms with Crippen LogP contribution in [-0.4, -0.2) is 36.3 Å². The fourth-order valence-electron chi connectivity index (χ4n) is 2.18. The second-order valence-corrected chi connectivity index (χ2v) is 6.11. The van der Waals surface area contributed by atoms with Gasteiger partial charge in [0.15, 0.2) is 5.78 Å². The molecule has 15 heavy (non-hydrogen) atoms. The highest BCUT2D eigenvalue weighted by Gasteiger charge is 2.51. The largest absolute Gasteiger partial charge is 0.296 e. The standard InChI is InChI=1S/C10H19NO3S/c1-4-6-7-10(3)9(12)8-15(13,14)11(10)5-2/h4-8H2,1-3H3. The van der Waals surface area contributed by atoms with Crippen LogP contribution >= 0.6 is 0 Å². The number of rotatable bonds is 4. The van der Waals surface area contributed by atoms with Crippen LogP contribution in [0, 0.1) is 0 Å². The maximum absolute atomic E-state index is 11.8. The van der Waals surface area contributed by atoms with Gasteiger partial charge in [0.1, 0.15) is 5.75 Å². The van der Waals surface area contributed by atoms with Gasteiger partial charge < -0.3 is 0 Å². The van der Waals surface area contributed by atoms with E-state index in [0.29, 0.717) is 13.0 Å². The number of likely N-dealkylation sites (N-methyl/N-ethyl adjacent to an activating group) is 1. The molecular formula is C10H19NO3S. The van der Waals surface area contributed by atoms with E-state index in [-0.39, 0.29) is 11.5 Å². The predicted octanol–water partition coefficient (Wildman–Crippen LogP) is 1.17. The molecule has 1 unspecified atom stereocenters. The minimum absolute atomic E-state index is 0.155. The zero-order valence-electron chi connectivity index (χ0n) is 9.62. The first kappa shape index (κ1) is 12.6. The molecule has 0 aromatic carbocycles. The number of ketones is 1. The van der Waals surface area contributed by atoms with Gasteiger partial charge in [-0.15, -0.1) is 0 Å². The Morgan fingerprint density at radius 1 is 1.40 bits per heavy atom. The molecule has 0 aromatic heterocycles. The minimum Gasteiger partial charge on any atom is -0.296 e. The Bertz CT molecular complexity index is 350. The monoisotopic (exact) mass is 233 g/mol. The van der Waals surface area contributed by atoms with Crippen LogP contribution < -0.4 is 0 Å². The second-order valence-electron chi connectivity index (χ2n) is 4.22. The third-order valence-corrected chi connectivity index (χ3v) is 5.06. The molecule has 1 aliphatic heterocycles. The van der Waals surface area contributed by atoms with Crippen LogP contribution in [0.1, 0.15) is 40.0 Å². The number of hydrogen-bond donors (Lipinski definition) is 0. The first-order valence-corrected chi connectivity index (χ1v) is 7.03. The van der Waals surface area contributed by atoms with E-state index in [1.807, 2.05) is 6.92 Å². The first-order chi connectivity index (χ1) is 6.88. The zero-order chi connectivity index (χ0) is 11.7. The molecule has 1 heterocycles. The van der Waals surface area contributed by atoms with Crippen LogP contribution in [0.5, 0.6) is 0 Å². The number of carbonyl (C=O) groups is 1. The zero-order valence-corrected chi connectivity index (χ0v) is 10.4. The minimum atomic E-state index is -3.34. The summed E-state index contributed by atoms with van der Waals surface area (Å²) in [5.74, 6) is -0.473. The molecule has 4 nitrogen and oxygen atoms in total. The predicted molar refractivity (Wildman–Crippen MR) is 59.1 cm³/mol. The molecule has 0 N–H and O–H groups in total. The van der Waals surface area contributed by atoms with Gasteiger partial charge in [0.05, 0.1) is 5.54 Å². The van der Waals surface area contributed by atoms with Crippen molar-refractivity contribution in [1.82, 2.24) is 4.31 Å². The van der Waals surface area contributed by atoms with Crippen molar-refractivity contribution in [2.24, 2.45) is 0 Å². The van der Waals surface area contributed by atoms with Crippen molar-refractivity contribution < 1.29 is 13.2 Å². The Morgan fingerprint density at radius 3 is 2.47 bits per heavy atom. The van der Waals surface area contributed by atoms with Gasteiger partial charge in [-0.1, -0.05) is 26.7 Å². The summed E-state index contributed by atoms with van der Waals surface area (Å²) >= 11 is 0. The average Bonchev–Trinajstić information content (AvgIpc) is 2.30. The fourth-order valence-corrected chi connectivity index (χ4v) is 4.17. The summed E-state index contributed by atoms with van der Waals surface area (Å²) in [6.07, 6.45) is 2.49. The van der Waals surface area contributed by atoms with Crippen LogP contribution in [0.2, 0.25) is 0 Å². The molecule has 0 radical (unpaired) electrons. The van der Waals surface area contributed by atoms with Crippen LogP contribution in [0.25, 0.3) is 0 Å². The molecule has 1 aliphatic rings. The van der Waals surface area contributed by atoms with E-state index in [2.05, 4.69) is 0 Å². The molecule has 0 aliphatic carbocycles. The van der Waals surface area contributed by atoms with E-state index >= 15 is 0 Å². The molecule has 0 bridgehead atoms. The number of carbonyl (C=O) groups excluding carboxylic acids is 1. The van der Waals surface area contributed by atoms with Gasteiger partial charge in [-0.05, 0) is 13.3 Å². The van der Waals surface area contributed by atoms with E-state index < -0.39 is 15.6 Å². The third-order valence-electron chi connectivity index (χ3n) is 3.10. The summed E-state index contributed by atoms with van der Waals surface area (Å²) in [6, 6.07) is 0. The molecule has 1 saturated heterocycles. The molecule has 5 heteroatoms. The summed E-state index contributed by atoms with van der Waals surface area (Å²) in [6.45, 7) is 5.95. The van der Waals surface area contributed by atoms with Gasteiger partial charge in [-0.3, -0.25) is 4.79 Å². The van der Waals surface area contributed by atoms with E-state index in [1.54, 1.807) is 13.8 Å². The van der Waals surface area contributed by atoms with Crippen molar-refractivity contribution in [2.45, 2.75) is 45.6 Å².